The van der Waals surface area contributed by atoms with Crippen LogP contribution in [0.25, 0.3) is 10.8 Å². The van der Waals surface area contributed by atoms with E-state index in [0.717, 1.165) is 0 Å². The number of halogens is 2. The van der Waals surface area contributed by atoms with Gasteiger partial charge in [0.25, 0.3) is 11.5 Å². The zero-order chi connectivity index (χ0) is 21.1. The molecule has 1 aromatic heterocycles. The average Bonchev–Trinajstić information content (AvgIpc) is 2.72. The Kier molecular flexibility index (Phi) is 6.20. The molecule has 1 heterocycles. The van der Waals surface area contributed by atoms with E-state index in [1.165, 1.54) is 16.8 Å². The van der Waals surface area contributed by atoms with Gasteiger partial charge < -0.3 is 5.11 Å². The molecular weight excluding hydrogens is 415 g/mol. The fourth-order valence-corrected chi connectivity index (χ4v) is 3.40. The number of nitrogens with zero attached hydrogens (tertiary/aromatic N) is 3. The first-order valence-corrected chi connectivity index (χ1v) is 9.68. The predicted molar refractivity (Wildman–Crippen MR) is 114 cm³/mol. The van der Waals surface area contributed by atoms with Crippen molar-refractivity contribution in [1.29, 1.82) is 0 Å². The molecule has 29 heavy (non-hydrogen) atoms. The summed E-state index contributed by atoms with van der Waals surface area (Å²) in [5.74, 6) is -0.754. The van der Waals surface area contributed by atoms with Gasteiger partial charge >= 0.3 is 0 Å². The summed E-state index contributed by atoms with van der Waals surface area (Å²) in [6.07, 6.45) is 0.396. The van der Waals surface area contributed by atoms with E-state index in [9.17, 15) is 14.7 Å². The molecule has 0 spiro atoms. The van der Waals surface area contributed by atoms with Crippen molar-refractivity contribution < 1.29 is 9.90 Å². The number of aromatic hydroxyl groups is 1. The third kappa shape index (κ3) is 4.11. The summed E-state index contributed by atoms with van der Waals surface area (Å²) in [6, 6.07) is 9.69. The highest BCUT2D eigenvalue weighted by molar-refractivity contribution is 6.36. The van der Waals surface area contributed by atoms with Crippen molar-refractivity contribution in [3.63, 3.8) is 0 Å². The van der Waals surface area contributed by atoms with Crippen molar-refractivity contribution >= 4 is 45.6 Å². The molecule has 2 aromatic carbocycles. The van der Waals surface area contributed by atoms with Crippen molar-refractivity contribution in [2.75, 3.05) is 0 Å². The molecule has 3 aromatic rings. The Hall–Kier alpha value is -2.90. The van der Waals surface area contributed by atoms with Gasteiger partial charge in [0.1, 0.15) is 5.75 Å². The number of hydrogen-bond donors (Lipinski definition) is 2. The molecule has 0 atom stereocenters. The Labute approximate surface area is 176 Å². The summed E-state index contributed by atoms with van der Waals surface area (Å²) in [6.45, 7) is 3.90. The van der Waals surface area contributed by atoms with Crippen LogP contribution in [0, 0.1) is 0 Å². The standard InChI is InChI=1S/C20H18Cl2N4O3/c1-3-16(14-9-11(21)10-15(22)18(14)27)23-24-19(28)17-12-7-5-6-8-13(12)20(29)26(4-2)25-17/h5-10,27H,3-4H2,1-2H3,(H,24,28)/b23-16+. The van der Waals surface area contributed by atoms with Gasteiger partial charge in [0.15, 0.2) is 5.69 Å². The van der Waals surface area contributed by atoms with Gasteiger partial charge in [0, 0.05) is 22.5 Å². The first-order valence-electron chi connectivity index (χ1n) is 8.92. The molecule has 0 unspecified atom stereocenters. The molecular formula is C20H18Cl2N4O3. The first-order chi connectivity index (χ1) is 13.9. The number of phenols is 1. The van der Waals surface area contributed by atoms with E-state index in [2.05, 4.69) is 15.6 Å². The normalized spacial score (nSPS) is 11.7. The van der Waals surface area contributed by atoms with Gasteiger partial charge in [-0.25, -0.2) is 10.1 Å². The van der Waals surface area contributed by atoms with E-state index in [4.69, 9.17) is 23.2 Å². The molecule has 2 N–H and O–H groups in total. The van der Waals surface area contributed by atoms with Crippen LogP contribution in [0.5, 0.6) is 5.75 Å². The average molecular weight is 433 g/mol. The Morgan fingerprint density at radius 3 is 2.55 bits per heavy atom. The third-order valence-corrected chi connectivity index (χ3v) is 4.86. The molecule has 0 aliphatic carbocycles. The maximum atomic E-state index is 12.8. The number of aryl methyl sites for hydroxylation is 1. The summed E-state index contributed by atoms with van der Waals surface area (Å²) < 4.78 is 1.23. The molecule has 150 valence electrons. The molecule has 0 radical (unpaired) electrons. The number of rotatable bonds is 5. The number of hydrogen-bond acceptors (Lipinski definition) is 5. The van der Waals surface area contributed by atoms with Crippen LogP contribution in [0.1, 0.15) is 36.3 Å². The monoisotopic (exact) mass is 432 g/mol. The van der Waals surface area contributed by atoms with Crippen LogP contribution in [0.2, 0.25) is 10.0 Å². The maximum Gasteiger partial charge on any atom is 0.292 e. The van der Waals surface area contributed by atoms with Crippen molar-refractivity contribution in [2.24, 2.45) is 5.10 Å². The van der Waals surface area contributed by atoms with Gasteiger partial charge in [0.2, 0.25) is 0 Å². The Bertz CT molecular complexity index is 1190. The largest absolute Gasteiger partial charge is 0.506 e. The summed E-state index contributed by atoms with van der Waals surface area (Å²) in [4.78, 5) is 25.2. The minimum absolute atomic E-state index is 0.0783. The summed E-state index contributed by atoms with van der Waals surface area (Å²) in [5.41, 5.74) is 2.97. The number of phenolic OH excluding ortho intramolecular Hbond substituents is 1. The molecule has 0 aliphatic rings. The SMILES string of the molecule is CC/C(=N\NC(=O)c1nn(CC)c(=O)c2ccccc12)c1cc(Cl)cc(Cl)c1O. The zero-order valence-corrected chi connectivity index (χ0v) is 17.3. The molecule has 0 saturated carbocycles. The minimum Gasteiger partial charge on any atom is -0.506 e. The van der Waals surface area contributed by atoms with Crippen LogP contribution >= 0.6 is 23.2 Å². The van der Waals surface area contributed by atoms with Crippen LogP contribution in [0.4, 0.5) is 0 Å². The Balaban J connectivity index is 2.02. The quantitative estimate of drug-likeness (QED) is 0.470. The third-order valence-electron chi connectivity index (χ3n) is 4.35. The molecule has 0 aliphatic heterocycles. The smallest absolute Gasteiger partial charge is 0.292 e. The number of carbonyl (C=O) groups is 1. The highest BCUT2D eigenvalue weighted by atomic mass is 35.5. The van der Waals surface area contributed by atoms with Gasteiger partial charge in [0.05, 0.1) is 16.1 Å². The molecule has 7 nitrogen and oxygen atoms in total. The van der Waals surface area contributed by atoms with E-state index >= 15 is 0 Å². The van der Waals surface area contributed by atoms with Gasteiger partial charge in [-0.05, 0) is 31.5 Å². The molecule has 9 heteroatoms. The van der Waals surface area contributed by atoms with Crippen molar-refractivity contribution in [1.82, 2.24) is 15.2 Å². The number of benzene rings is 2. The number of nitrogens with one attached hydrogen (secondary N) is 1. The first kappa shape index (κ1) is 20.8. The van der Waals surface area contributed by atoms with Crippen LogP contribution < -0.4 is 11.0 Å². The number of aromatic nitrogens is 2. The van der Waals surface area contributed by atoms with Gasteiger partial charge in [-0.3, -0.25) is 9.59 Å². The van der Waals surface area contributed by atoms with Crippen LogP contribution in [-0.2, 0) is 6.54 Å². The van der Waals surface area contributed by atoms with Crippen molar-refractivity contribution in [3.8, 4) is 5.75 Å². The summed E-state index contributed by atoms with van der Waals surface area (Å²) >= 11 is 12.0. The number of amides is 1. The van der Waals surface area contributed by atoms with Crippen LogP contribution in [0.3, 0.4) is 0 Å². The Morgan fingerprint density at radius 2 is 1.90 bits per heavy atom. The van der Waals surface area contributed by atoms with Crippen LogP contribution in [0.15, 0.2) is 46.3 Å². The summed E-state index contributed by atoms with van der Waals surface area (Å²) in [7, 11) is 0. The highest BCUT2D eigenvalue weighted by Crippen LogP contribution is 2.32. The van der Waals surface area contributed by atoms with E-state index < -0.39 is 5.91 Å². The second kappa shape index (κ2) is 8.63. The van der Waals surface area contributed by atoms with Gasteiger partial charge in [-0.15, -0.1) is 0 Å². The lowest BCUT2D eigenvalue weighted by Crippen LogP contribution is -2.29. The maximum absolute atomic E-state index is 12.8. The topological polar surface area (TPSA) is 96.6 Å². The highest BCUT2D eigenvalue weighted by Gasteiger charge is 2.17. The van der Waals surface area contributed by atoms with E-state index in [0.29, 0.717) is 40.0 Å². The fraction of sp³-hybridized carbons (Fsp3) is 0.200. The number of fused-ring (bicyclic) bond motifs is 1. The molecule has 3 rings (SSSR count). The van der Waals surface area contributed by atoms with Gasteiger partial charge in [-0.2, -0.15) is 10.2 Å². The lowest BCUT2D eigenvalue weighted by molar-refractivity contribution is 0.0949. The van der Waals surface area contributed by atoms with E-state index in [-0.39, 0.29) is 22.0 Å². The minimum atomic E-state index is -0.582. The predicted octanol–water partition coefficient (Wildman–Crippen LogP) is 3.97. The lowest BCUT2D eigenvalue weighted by Gasteiger charge is -2.11. The summed E-state index contributed by atoms with van der Waals surface area (Å²) in [5, 5.41) is 19.8. The van der Waals surface area contributed by atoms with Gasteiger partial charge in [-0.1, -0.05) is 48.3 Å². The molecule has 0 saturated heterocycles. The van der Waals surface area contributed by atoms with E-state index in [1.54, 1.807) is 31.2 Å². The number of hydrazone groups is 1. The lowest BCUT2D eigenvalue weighted by atomic mass is 10.1. The Morgan fingerprint density at radius 1 is 1.21 bits per heavy atom. The molecule has 0 bridgehead atoms. The second-order valence-electron chi connectivity index (χ2n) is 6.15. The fourth-order valence-electron chi connectivity index (χ4n) is 2.90. The molecule has 1 amide bonds. The van der Waals surface area contributed by atoms with Crippen molar-refractivity contribution in [3.05, 3.63) is 68.1 Å². The van der Waals surface area contributed by atoms with Crippen LogP contribution in [-0.4, -0.2) is 26.5 Å². The van der Waals surface area contributed by atoms with Crippen molar-refractivity contribution in [2.45, 2.75) is 26.8 Å². The van der Waals surface area contributed by atoms with E-state index in [1.807, 2.05) is 6.92 Å². The zero-order valence-electron chi connectivity index (χ0n) is 15.7. The number of carbonyl (C=O) groups excluding carboxylic acids is 1. The second-order valence-corrected chi connectivity index (χ2v) is 7.00. The molecule has 0 fully saturated rings.